The molecule has 0 aliphatic rings. The van der Waals surface area contributed by atoms with Crippen LogP contribution in [0.1, 0.15) is 46.0 Å². The first kappa shape index (κ1) is 12.2. The van der Waals surface area contributed by atoms with E-state index in [1.165, 1.54) is 25.7 Å². The molecular weight excluding hydrogens is 172 g/mol. The van der Waals surface area contributed by atoms with Gasteiger partial charge < -0.3 is 4.74 Å². The van der Waals surface area contributed by atoms with Crippen molar-refractivity contribution in [3.8, 4) is 0 Å². The van der Waals surface area contributed by atoms with Crippen molar-refractivity contribution in [3.05, 3.63) is 0 Å². The fourth-order valence-electron chi connectivity index (χ4n) is 0.979. The summed E-state index contributed by atoms with van der Waals surface area (Å²) in [5.41, 5.74) is 0. The third-order valence-electron chi connectivity index (χ3n) is 1.80. The first-order valence-electron chi connectivity index (χ1n) is 4.99. The maximum atomic E-state index is 5.76. The quantitative estimate of drug-likeness (QED) is 0.422. The Morgan fingerprint density at radius 3 is 2.50 bits per heavy atom. The van der Waals surface area contributed by atoms with Gasteiger partial charge >= 0.3 is 0 Å². The van der Waals surface area contributed by atoms with E-state index in [0.717, 1.165) is 19.6 Å². The van der Waals surface area contributed by atoms with Crippen molar-refractivity contribution in [2.75, 3.05) is 13.2 Å². The Balaban J connectivity index is 2.82. The Labute approximate surface area is 81.4 Å². The molecule has 0 aromatic rings. The maximum absolute atomic E-state index is 5.76. The molecule has 2 heteroatoms. The summed E-state index contributed by atoms with van der Waals surface area (Å²) < 4.78 is 5.41. The first-order valence-corrected chi connectivity index (χ1v) is 5.42. The minimum atomic E-state index is 0.251. The molecule has 0 amide bonds. The Kier molecular flexibility index (Phi) is 9.53. The lowest BCUT2D eigenvalue weighted by Gasteiger charge is -2.04. The Hall–Kier alpha value is 0.250. The van der Waals surface area contributed by atoms with E-state index in [0.29, 0.717) is 0 Å². The van der Waals surface area contributed by atoms with E-state index in [1.54, 1.807) is 0 Å². The molecule has 0 fully saturated rings. The molecule has 1 unspecified atom stereocenters. The van der Waals surface area contributed by atoms with Gasteiger partial charge in [0, 0.05) is 18.6 Å². The third kappa shape index (κ3) is 10.2. The van der Waals surface area contributed by atoms with Crippen LogP contribution in [0.5, 0.6) is 0 Å². The highest BCUT2D eigenvalue weighted by Crippen LogP contribution is 2.02. The molecule has 0 aromatic carbocycles. The minimum Gasteiger partial charge on any atom is -0.381 e. The summed E-state index contributed by atoms with van der Waals surface area (Å²) in [5, 5.41) is 0.251. The summed E-state index contributed by atoms with van der Waals surface area (Å²) in [5.74, 6) is 0. The molecule has 0 rings (SSSR count). The van der Waals surface area contributed by atoms with Crippen LogP contribution in [0.2, 0.25) is 0 Å². The van der Waals surface area contributed by atoms with Crippen LogP contribution in [0.15, 0.2) is 0 Å². The van der Waals surface area contributed by atoms with E-state index in [-0.39, 0.29) is 5.38 Å². The van der Waals surface area contributed by atoms with Gasteiger partial charge in [-0.25, -0.2) is 0 Å². The molecule has 0 aromatic heterocycles. The van der Waals surface area contributed by atoms with Crippen LogP contribution in [0, 0.1) is 0 Å². The molecule has 0 N–H and O–H groups in total. The average molecular weight is 193 g/mol. The molecular formula is C10H21ClO. The molecule has 0 spiro atoms. The van der Waals surface area contributed by atoms with E-state index >= 15 is 0 Å². The third-order valence-corrected chi connectivity index (χ3v) is 2.02. The minimum absolute atomic E-state index is 0.251. The highest BCUT2D eigenvalue weighted by molar-refractivity contribution is 6.20. The van der Waals surface area contributed by atoms with Crippen molar-refractivity contribution >= 4 is 11.6 Å². The van der Waals surface area contributed by atoms with Crippen molar-refractivity contribution in [2.24, 2.45) is 0 Å². The van der Waals surface area contributed by atoms with Crippen molar-refractivity contribution < 1.29 is 4.74 Å². The normalized spacial score (nSPS) is 13.2. The zero-order valence-electron chi connectivity index (χ0n) is 8.31. The van der Waals surface area contributed by atoms with Gasteiger partial charge in [0.15, 0.2) is 0 Å². The molecule has 0 heterocycles. The van der Waals surface area contributed by atoms with E-state index in [9.17, 15) is 0 Å². The number of hydrogen-bond donors (Lipinski definition) is 0. The predicted octanol–water partition coefficient (Wildman–Crippen LogP) is 3.60. The van der Waals surface area contributed by atoms with Crippen LogP contribution in [0.3, 0.4) is 0 Å². The van der Waals surface area contributed by atoms with Gasteiger partial charge in [0.25, 0.3) is 0 Å². The monoisotopic (exact) mass is 192 g/mol. The highest BCUT2D eigenvalue weighted by Gasteiger charge is 1.95. The van der Waals surface area contributed by atoms with Crippen LogP contribution in [0.25, 0.3) is 0 Å². The topological polar surface area (TPSA) is 9.23 Å². The number of alkyl halides is 1. The summed E-state index contributed by atoms with van der Waals surface area (Å²) in [6, 6.07) is 0. The smallest absolute Gasteiger partial charge is 0.0480 e. The first-order chi connectivity index (χ1) is 5.77. The highest BCUT2D eigenvalue weighted by atomic mass is 35.5. The van der Waals surface area contributed by atoms with Crippen molar-refractivity contribution in [1.82, 2.24) is 0 Å². The second-order valence-electron chi connectivity index (χ2n) is 3.24. The predicted molar refractivity (Wildman–Crippen MR) is 54.9 cm³/mol. The largest absolute Gasteiger partial charge is 0.381 e. The SMILES string of the molecule is CCCCCCOCCC(C)Cl. The van der Waals surface area contributed by atoms with Crippen molar-refractivity contribution in [3.63, 3.8) is 0 Å². The van der Waals surface area contributed by atoms with Crippen LogP contribution >= 0.6 is 11.6 Å². The molecule has 0 aliphatic carbocycles. The zero-order valence-corrected chi connectivity index (χ0v) is 9.07. The lowest BCUT2D eigenvalue weighted by atomic mass is 10.2. The van der Waals surface area contributed by atoms with Gasteiger partial charge in [-0.05, 0) is 19.8 Å². The molecule has 12 heavy (non-hydrogen) atoms. The summed E-state index contributed by atoms with van der Waals surface area (Å²) in [4.78, 5) is 0. The Bertz CT molecular complexity index is 83.9. The maximum Gasteiger partial charge on any atom is 0.0480 e. The van der Waals surface area contributed by atoms with Gasteiger partial charge in [-0.15, -0.1) is 11.6 Å². The molecule has 0 saturated heterocycles. The zero-order chi connectivity index (χ0) is 9.23. The summed E-state index contributed by atoms with van der Waals surface area (Å²) in [6.07, 6.45) is 6.08. The van der Waals surface area contributed by atoms with E-state index in [2.05, 4.69) is 6.92 Å². The Morgan fingerprint density at radius 2 is 1.92 bits per heavy atom. The fraction of sp³-hybridized carbons (Fsp3) is 1.00. The van der Waals surface area contributed by atoms with Gasteiger partial charge in [0.05, 0.1) is 0 Å². The van der Waals surface area contributed by atoms with Gasteiger partial charge in [-0.2, -0.15) is 0 Å². The number of hydrogen-bond acceptors (Lipinski definition) is 1. The second-order valence-corrected chi connectivity index (χ2v) is 3.99. The van der Waals surface area contributed by atoms with Crippen molar-refractivity contribution in [2.45, 2.75) is 51.3 Å². The van der Waals surface area contributed by atoms with E-state index in [4.69, 9.17) is 16.3 Å². The lowest BCUT2D eigenvalue weighted by molar-refractivity contribution is 0.127. The molecule has 74 valence electrons. The average Bonchev–Trinajstić information content (AvgIpc) is 2.02. The van der Waals surface area contributed by atoms with E-state index in [1.807, 2.05) is 6.92 Å². The second kappa shape index (κ2) is 9.34. The molecule has 0 radical (unpaired) electrons. The molecule has 0 saturated carbocycles. The van der Waals surface area contributed by atoms with Gasteiger partial charge in [0.1, 0.15) is 0 Å². The van der Waals surface area contributed by atoms with Gasteiger partial charge in [0.2, 0.25) is 0 Å². The van der Waals surface area contributed by atoms with Gasteiger partial charge in [-0.3, -0.25) is 0 Å². The summed E-state index contributed by atoms with van der Waals surface area (Å²) >= 11 is 5.76. The van der Waals surface area contributed by atoms with Crippen LogP contribution in [-0.4, -0.2) is 18.6 Å². The standard InChI is InChI=1S/C10H21ClO/c1-3-4-5-6-8-12-9-7-10(2)11/h10H,3-9H2,1-2H3. The van der Waals surface area contributed by atoms with Crippen LogP contribution < -0.4 is 0 Å². The van der Waals surface area contributed by atoms with Crippen LogP contribution in [0.4, 0.5) is 0 Å². The van der Waals surface area contributed by atoms with E-state index < -0.39 is 0 Å². The Morgan fingerprint density at radius 1 is 1.17 bits per heavy atom. The molecule has 0 aliphatic heterocycles. The fourth-order valence-corrected chi connectivity index (χ4v) is 1.07. The van der Waals surface area contributed by atoms with Crippen molar-refractivity contribution in [1.29, 1.82) is 0 Å². The number of rotatable bonds is 8. The molecule has 0 bridgehead atoms. The molecule has 1 nitrogen and oxygen atoms in total. The van der Waals surface area contributed by atoms with Gasteiger partial charge in [-0.1, -0.05) is 26.2 Å². The lowest BCUT2D eigenvalue weighted by Crippen LogP contribution is -2.01. The number of unbranched alkanes of at least 4 members (excludes halogenated alkanes) is 3. The summed E-state index contributed by atoms with van der Waals surface area (Å²) in [6.45, 7) is 5.94. The number of halogens is 1. The summed E-state index contributed by atoms with van der Waals surface area (Å²) in [7, 11) is 0. The number of ether oxygens (including phenoxy) is 1. The molecule has 1 atom stereocenters. The van der Waals surface area contributed by atoms with Crippen LogP contribution in [-0.2, 0) is 4.74 Å².